The number of carbonyl (C=O) groups is 1. The second kappa shape index (κ2) is 14.1. The lowest BCUT2D eigenvalue weighted by atomic mass is 9.98. The SMILES string of the molecule is CS[C@@]1(C(=O)Nc2ccc3[nH]nc(-c4ccc(OC(C)C)nc4)c3c2)CCN(CC(=N)N2CC=C(c3ccc(-c4ncn(C)n4)cc3)CC2)C1. The number of carbonyl (C=O) groups excluding carboxylic acids is 1. The molecular weight excluding hydrogens is 649 g/mol. The molecule has 5 aromatic rings. The van der Waals surface area contributed by atoms with Gasteiger partial charge < -0.3 is 15.0 Å². The van der Waals surface area contributed by atoms with Crippen LogP contribution in [0.3, 0.4) is 0 Å². The molecule has 1 saturated heterocycles. The lowest BCUT2D eigenvalue weighted by molar-refractivity contribution is -0.118. The monoisotopic (exact) mass is 690 g/mol. The van der Waals surface area contributed by atoms with E-state index >= 15 is 0 Å². The Hall–Kier alpha value is -5.01. The van der Waals surface area contributed by atoms with Gasteiger partial charge in [-0.05, 0) is 68.3 Å². The number of nitrogens with one attached hydrogen (secondary N) is 3. The van der Waals surface area contributed by atoms with Crippen LogP contribution in [0.25, 0.3) is 39.1 Å². The summed E-state index contributed by atoms with van der Waals surface area (Å²) in [7, 11) is 1.87. The minimum Gasteiger partial charge on any atom is -0.475 e. The number of aromatic nitrogens is 6. The number of amides is 1. The van der Waals surface area contributed by atoms with Gasteiger partial charge in [0.1, 0.15) is 22.6 Å². The molecule has 1 atom stereocenters. The number of hydrogen-bond acceptors (Lipinski definition) is 9. The predicted octanol–water partition coefficient (Wildman–Crippen LogP) is 5.72. The highest BCUT2D eigenvalue weighted by Gasteiger charge is 2.44. The van der Waals surface area contributed by atoms with Crippen LogP contribution in [0.15, 0.2) is 73.2 Å². The number of benzene rings is 2. The van der Waals surface area contributed by atoms with Gasteiger partial charge in [-0.15, -0.1) is 11.8 Å². The van der Waals surface area contributed by atoms with Crippen LogP contribution in [0.1, 0.15) is 32.3 Å². The molecule has 258 valence electrons. The van der Waals surface area contributed by atoms with E-state index in [4.69, 9.17) is 10.1 Å². The number of amidine groups is 1. The van der Waals surface area contributed by atoms with Gasteiger partial charge in [-0.2, -0.15) is 10.2 Å². The highest BCUT2D eigenvalue weighted by molar-refractivity contribution is 8.00. The zero-order valence-electron chi connectivity index (χ0n) is 28.8. The number of ether oxygens (including phenoxy) is 1. The summed E-state index contributed by atoms with van der Waals surface area (Å²) in [5.74, 6) is 1.86. The number of nitrogens with zero attached hydrogens (tertiary/aromatic N) is 7. The number of rotatable bonds is 10. The Kier molecular flexibility index (Phi) is 9.43. The summed E-state index contributed by atoms with van der Waals surface area (Å²) in [5, 5.41) is 25.0. The lowest BCUT2D eigenvalue weighted by Gasteiger charge is -2.31. The number of likely N-dealkylation sites (tertiary alicyclic amines) is 1. The van der Waals surface area contributed by atoms with E-state index in [-0.39, 0.29) is 12.0 Å². The smallest absolute Gasteiger partial charge is 0.241 e. The second-order valence-electron chi connectivity index (χ2n) is 13.2. The van der Waals surface area contributed by atoms with Crippen molar-refractivity contribution in [3.63, 3.8) is 0 Å². The molecule has 2 aliphatic heterocycles. The van der Waals surface area contributed by atoms with E-state index in [9.17, 15) is 4.79 Å². The molecule has 0 saturated carbocycles. The first-order valence-corrected chi connectivity index (χ1v) is 18.1. The second-order valence-corrected chi connectivity index (χ2v) is 14.4. The van der Waals surface area contributed by atoms with Crippen molar-refractivity contribution in [1.29, 1.82) is 5.41 Å². The summed E-state index contributed by atoms with van der Waals surface area (Å²) in [6.07, 6.45) is 9.33. The molecule has 13 heteroatoms. The third-order valence-electron chi connectivity index (χ3n) is 9.38. The first-order valence-electron chi connectivity index (χ1n) is 16.9. The number of fused-ring (bicyclic) bond motifs is 1. The molecule has 1 amide bonds. The third-order valence-corrected chi connectivity index (χ3v) is 10.7. The van der Waals surface area contributed by atoms with Gasteiger partial charge >= 0.3 is 0 Å². The number of hydrogen-bond donors (Lipinski definition) is 3. The maximum Gasteiger partial charge on any atom is 0.241 e. The Morgan fingerprint density at radius 2 is 1.88 bits per heavy atom. The van der Waals surface area contributed by atoms with Crippen LogP contribution in [0.2, 0.25) is 0 Å². The molecule has 12 nitrogen and oxygen atoms in total. The van der Waals surface area contributed by atoms with Crippen LogP contribution >= 0.6 is 11.8 Å². The molecule has 0 unspecified atom stereocenters. The Morgan fingerprint density at radius 1 is 1.08 bits per heavy atom. The van der Waals surface area contributed by atoms with Crippen molar-refractivity contribution in [3.05, 3.63) is 78.8 Å². The van der Waals surface area contributed by atoms with Gasteiger partial charge in [0.2, 0.25) is 11.8 Å². The molecule has 0 aliphatic carbocycles. The van der Waals surface area contributed by atoms with Crippen molar-refractivity contribution in [2.75, 3.05) is 44.3 Å². The summed E-state index contributed by atoms with van der Waals surface area (Å²) in [6.45, 7) is 7.29. The average molecular weight is 691 g/mol. The number of anilines is 1. The van der Waals surface area contributed by atoms with Crippen molar-refractivity contribution in [1.82, 2.24) is 39.7 Å². The highest BCUT2D eigenvalue weighted by atomic mass is 32.2. The Balaban J connectivity index is 0.955. The molecule has 2 aromatic carbocycles. The van der Waals surface area contributed by atoms with Gasteiger partial charge in [-0.1, -0.05) is 30.3 Å². The molecule has 0 bridgehead atoms. The van der Waals surface area contributed by atoms with Crippen molar-refractivity contribution in [2.24, 2.45) is 7.05 Å². The van der Waals surface area contributed by atoms with Crippen molar-refractivity contribution in [3.8, 4) is 28.5 Å². The largest absolute Gasteiger partial charge is 0.475 e. The van der Waals surface area contributed by atoms with E-state index < -0.39 is 4.75 Å². The van der Waals surface area contributed by atoms with E-state index in [0.29, 0.717) is 31.3 Å². The third kappa shape index (κ3) is 7.01. The van der Waals surface area contributed by atoms with E-state index in [1.54, 1.807) is 29.0 Å². The molecule has 2 aliphatic rings. The number of aromatic amines is 1. The Labute approximate surface area is 295 Å². The fourth-order valence-electron chi connectivity index (χ4n) is 6.62. The first-order chi connectivity index (χ1) is 24.2. The van der Waals surface area contributed by atoms with Crippen LogP contribution in [-0.2, 0) is 11.8 Å². The highest BCUT2D eigenvalue weighted by Crippen LogP contribution is 2.36. The molecule has 3 aromatic heterocycles. The molecule has 7 rings (SSSR count). The maximum absolute atomic E-state index is 13.8. The quantitative estimate of drug-likeness (QED) is 0.124. The summed E-state index contributed by atoms with van der Waals surface area (Å²) >= 11 is 1.59. The zero-order chi connectivity index (χ0) is 34.8. The molecular formula is C37H42N10O2S. The summed E-state index contributed by atoms with van der Waals surface area (Å²) in [6, 6.07) is 18.0. The van der Waals surface area contributed by atoms with Crippen molar-refractivity contribution < 1.29 is 9.53 Å². The lowest BCUT2D eigenvalue weighted by Crippen LogP contribution is -2.45. The maximum atomic E-state index is 13.8. The van der Waals surface area contributed by atoms with Crippen LogP contribution in [0.5, 0.6) is 5.88 Å². The zero-order valence-corrected chi connectivity index (χ0v) is 29.6. The van der Waals surface area contributed by atoms with Crippen molar-refractivity contribution in [2.45, 2.75) is 37.5 Å². The summed E-state index contributed by atoms with van der Waals surface area (Å²) < 4.78 is 6.79. The fraction of sp³-hybridized carbons (Fsp3) is 0.351. The molecule has 50 heavy (non-hydrogen) atoms. The fourth-order valence-corrected chi connectivity index (χ4v) is 7.46. The van der Waals surface area contributed by atoms with Crippen LogP contribution in [-0.4, -0.2) is 101 Å². The van der Waals surface area contributed by atoms with Gasteiger partial charge in [0.25, 0.3) is 0 Å². The minimum atomic E-state index is -0.601. The topological polar surface area (TPSA) is 141 Å². The van der Waals surface area contributed by atoms with Gasteiger partial charge in [0.15, 0.2) is 5.82 Å². The van der Waals surface area contributed by atoms with E-state index in [0.717, 1.165) is 65.2 Å². The van der Waals surface area contributed by atoms with E-state index in [1.165, 1.54) is 11.1 Å². The number of H-pyrrole nitrogens is 1. The van der Waals surface area contributed by atoms with E-state index in [1.807, 2.05) is 57.5 Å². The van der Waals surface area contributed by atoms with Crippen LogP contribution in [0, 0.1) is 5.41 Å². The van der Waals surface area contributed by atoms with Crippen molar-refractivity contribution >= 4 is 45.7 Å². The van der Waals surface area contributed by atoms with Gasteiger partial charge in [-0.25, -0.2) is 9.97 Å². The normalized spacial score (nSPS) is 18.1. The number of aryl methyl sites for hydroxylation is 1. The predicted molar refractivity (Wildman–Crippen MR) is 199 cm³/mol. The molecule has 1 fully saturated rings. The van der Waals surface area contributed by atoms with E-state index in [2.05, 4.69) is 70.7 Å². The molecule has 3 N–H and O–H groups in total. The minimum absolute atomic E-state index is 0.0179. The van der Waals surface area contributed by atoms with Gasteiger partial charge in [0, 0.05) is 67.7 Å². The average Bonchev–Trinajstić information content (AvgIpc) is 3.87. The van der Waals surface area contributed by atoms with Crippen LogP contribution in [0.4, 0.5) is 5.69 Å². The molecule has 0 radical (unpaired) electrons. The summed E-state index contributed by atoms with van der Waals surface area (Å²) in [4.78, 5) is 27.0. The van der Waals surface area contributed by atoms with Gasteiger partial charge in [-0.3, -0.25) is 24.9 Å². The molecule has 5 heterocycles. The van der Waals surface area contributed by atoms with Gasteiger partial charge in [0.05, 0.1) is 18.2 Å². The van der Waals surface area contributed by atoms with Crippen LogP contribution < -0.4 is 10.1 Å². The molecule has 0 spiro atoms. The Morgan fingerprint density at radius 3 is 2.56 bits per heavy atom. The summed E-state index contributed by atoms with van der Waals surface area (Å²) in [5.41, 5.74) is 6.70. The number of thioether (sulfide) groups is 1. The Bertz CT molecular complexity index is 2040. The standard InChI is InChI=1S/C37H42N10O2S/c1-24(2)49-33-12-9-28(20-39-33)34-30-19-29(10-11-31(30)42-43-34)41-36(48)37(50-4)15-18-46(22-37)21-32(38)47-16-13-26(14-17-47)25-5-7-27(8-6-25)35-40-23-45(3)44-35/h5-13,19-20,23-24,38H,14-18,21-22H2,1-4H3,(H,41,48)(H,42,43)/t37-/m0/s1. The number of pyridine rings is 1. The first kappa shape index (κ1) is 33.5.